The van der Waals surface area contributed by atoms with Gasteiger partial charge in [-0.15, -0.1) is 0 Å². The van der Waals surface area contributed by atoms with Crippen LogP contribution in [0, 0.1) is 23.2 Å². The predicted molar refractivity (Wildman–Crippen MR) is 109 cm³/mol. The third-order valence-corrected chi connectivity index (χ3v) is 7.25. The minimum atomic E-state index is -0.745. The van der Waals surface area contributed by atoms with Crippen molar-refractivity contribution in [1.82, 2.24) is 5.32 Å². The van der Waals surface area contributed by atoms with Crippen LogP contribution < -0.4 is 5.32 Å². The zero-order chi connectivity index (χ0) is 20.6. The van der Waals surface area contributed by atoms with Crippen molar-refractivity contribution in [3.8, 4) is 0 Å². The Labute approximate surface area is 172 Å². The number of rotatable bonds is 7. The summed E-state index contributed by atoms with van der Waals surface area (Å²) >= 11 is 0. The summed E-state index contributed by atoms with van der Waals surface area (Å²) in [5.41, 5.74) is 1.39. The summed E-state index contributed by atoms with van der Waals surface area (Å²) in [7, 11) is 0. The van der Waals surface area contributed by atoms with Crippen molar-refractivity contribution in [3.63, 3.8) is 0 Å². The molecule has 5 rings (SSSR count). The molecule has 5 nitrogen and oxygen atoms in total. The highest BCUT2D eigenvalue weighted by Crippen LogP contribution is 2.60. The largest absolute Gasteiger partial charge is 0.456 e. The molecule has 0 aliphatic heterocycles. The Hall–Kier alpha value is -2.17. The minimum absolute atomic E-state index is 0.00234. The lowest BCUT2D eigenvalue weighted by molar-refractivity contribution is -0.153. The number of hydrogen-bond donors (Lipinski definition) is 1. The molecule has 0 heterocycles. The molecule has 156 valence electrons. The number of amides is 1. The van der Waals surface area contributed by atoms with Crippen molar-refractivity contribution >= 4 is 17.7 Å². The van der Waals surface area contributed by atoms with Gasteiger partial charge in [0.2, 0.25) is 5.91 Å². The molecule has 0 saturated heterocycles. The maximum absolute atomic E-state index is 13.0. The summed E-state index contributed by atoms with van der Waals surface area (Å²) in [5.74, 6) is 1.23. The standard InChI is InChI=1S/C24H31NO4/c1-3-16-4-6-20(7-5-16)21(26)14-29-22(27)15(2)25-23(28)24-11-17-8-18(12-24)10-19(9-17)13-24/h4-7,15,17-19H,3,8-14H2,1-2H3,(H,25,28)/t15-,17?,18?,19?,24?/m0/s1. The summed E-state index contributed by atoms with van der Waals surface area (Å²) in [6.07, 6.45) is 7.59. The van der Waals surface area contributed by atoms with E-state index in [9.17, 15) is 14.4 Å². The number of aryl methyl sites for hydroxylation is 1. The molecule has 29 heavy (non-hydrogen) atoms. The summed E-state index contributed by atoms with van der Waals surface area (Å²) in [6.45, 7) is 3.39. The molecule has 1 aromatic rings. The molecule has 4 aliphatic rings. The first kappa shape index (κ1) is 20.1. The molecule has 4 saturated carbocycles. The van der Waals surface area contributed by atoms with E-state index in [1.807, 2.05) is 12.1 Å². The monoisotopic (exact) mass is 397 g/mol. The van der Waals surface area contributed by atoms with Gasteiger partial charge in [0.05, 0.1) is 0 Å². The van der Waals surface area contributed by atoms with Crippen LogP contribution in [0.4, 0.5) is 0 Å². The summed E-state index contributed by atoms with van der Waals surface area (Å²) in [5, 5.41) is 2.89. The van der Waals surface area contributed by atoms with Gasteiger partial charge in [-0.2, -0.15) is 0 Å². The molecule has 4 fully saturated rings. The van der Waals surface area contributed by atoms with Gasteiger partial charge in [0.15, 0.2) is 12.4 Å². The quantitative estimate of drug-likeness (QED) is 0.562. The number of ether oxygens (including phenoxy) is 1. The van der Waals surface area contributed by atoms with E-state index in [2.05, 4.69) is 12.2 Å². The SMILES string of the molecule is CCc1ccc(C(=O)COC(=O)[C@H](C)NC(=O)C23CC4CC(CC(C4)C2)C3)cc1. The topological polar surface area (TPSA) is 72.5 Å². The highest BCUT2D eigenvalue weighted by molar-refractivity contribution is 5.98. The first-order chi connectivity index (χ1) is 13.9. The number of esters is 1. The van der Waals surface area contributed by atoms with Gasteiger partial charge in [-0.3, -0.25) is 9.59 Å². The highest BCUT2D eigenvalue weighted by atomic mass is 16.5. The Morgan fingerprint density at radius 2 is 1.59 bits per heavy atom. The van der Waals surface area contributed by atoms with E-state index in [4.69, 9.17) is 4.74 Å². The smallest absolute Gasteiger partial charge is 0.328 e. The zero-order valence-corrected chi connectivity index (χ0v) is 17.4. The first-order valence-corrected chi connectivity index (χ1v) is 11.0. The minimum Gasteiger partial charge on any atom is -0.456 e. The molecule has 1 atom stereocenters. The van der Waals surface area contributed by atoms with Crippen LogP contribution in [0.5, 0.6) is 0 Å². The van der Waals surface area contributed by atoms with Gasteiger partial charge in [-0.05, 0) is 75.2 Å². The van der Waals surface area contributed by atoms with Crippen LogP contribution in [-0.4, -0.2) is 30.3 Å². The molecule has 5 heteroatoms. The summed E-state index contributed by atoms with van der Waals surface area (Å²) < 4.78 is 5.19. The fourth-order valence-electron chi connectivity index (χ4n) is 6.07. The van der Waals surface area contributed by atoms with Crippen LogP contribution in [0.2, 0.25) is 0 Å². The van der Waals surface area contributed by atoms with Crippen LogP contribution in [0.3, 0.4) is 0 Å². The van der Waals surface area contributed by atoms with Gasteiger partial charge in [0.1, 0.15) is 6.04 Å². The van der Waals surface area contributed by atoms with Gasteiger partial charge in [0, 0.05) is 11.0 Å². The Balaban J connectivity index is 1.29. The molecule has 4 aliphatic carbocycles. The van der Waals surface area contributed by atoms with Crippen LogP contribution in [-0.2, 0) is 20.7 Å². The third-order valence-electron chi connectivity index (χ3n) is 7.25. The number of carbonyl (C=O) groups is 3. The Morgan fingerprint density at radius 3 is 2.10 bits per heavy atom. The maximum atomic E-state index is 13.0. The van der Waals surface area contributed by atoms with E-state index in [0.29, 0.717) is 23.3 Å². The molecule has 0 radical (unpaired) electrons. The lowest BCUT2D eigenvalue weighted by Gasteiger charge is -2.55. The van der Waals surface area contributed by atoms with Crippen molar-refractivity contribution in [2.24, 2.45) is 23.2 Å². The van der Waals surface area contributed by atoms with Crippen molar-refractivity contribution in [2.45, 2.75) is 64.8 Å². The van der Waals surface area contributed by atoms with E-state index < -0.39 is 12.0 Å². The number of Topliss-reactive ketones (excluding diaryl/α,β-unsaturated/α-hetero) is 1. The Morgan fingerprint density at radius 1 is 1.03 bits per heavy atom. The van der Waals surface area contributed by atoms with Gasteiger partial charge < -0.3 is 10.1 Å². The normalized spacial score (nSPS) is 30.6. The average Bonchev–Trinajstić information content (AvgIpc) is 2.70. The van der Waals surface area contributed by atoms with Gasteiger partial charge >= 0.3 is 5.97 Å². The molecule has 0 spiro atoms. The van der Waals surface area contributed by atoms with Crippen LogP contribution in [0.1, 0.15) is 68.3 Å². The second kappa shape index (κ2) is 7.92. The van der Waals surface area contributed by atoms with Gasteiger partial charge in [-0.1, -0.05) is 31.2 Å². The Bertz CT molecular complexity index is 762. The number of benzene rings is 1. The summed E-state index contributed by atoms with van der Waals surface area (Å²) in [4.78, 5) is 37.7. The van der Waals surface area contributed by atoms with Gasteiger partial charge in [0.25, 0.3) is 0 Å². The number of hydrogen-bond acceptors (Lipinski definition) is 4. The first-order valence-electron chi connectivity index (χ1n) is 11.0. The molecular formula is C24H31NO4. The molecule has 0 aromatic heterocycles. The third kappa shape index (κ3) is 4.10. The number of ketones is 1. The van der Waals surface area contributed by atoms with E-state index >= 15 is 0 Å². The second-order valence-electron chi connectivity index (χ2n) is 9.47. The lowest BCUT2D eigenvalue weighted by Crippen LogP contribution is -2.56. The van der Waals surface area contributed by atoms with E-state index in [1.165, 1.54) is 19.3 Å². The predicted octanol–water partition coefficient (Wildman–Crippen LogP) is 3.70. The number of carbonyl (C=O) groups excluding carboxylic acids is 3. The highest BCUT2D eigenvalue weighted by Gasteiger charge is 2.54. The van der Waals surface area contributed by atoms with Crippen LogP contribution >= 0.6 is 0 Å². The van der Waals surface area contributed by atoms with Crippen molar-refractivity contribution < 1.29 is 19.1 Å². The van der Waals surface area contributed by atoms with E-state index in [0.717, 1.165) is 31.2 Å². The van der Waals surface area contributed by atoms with E-state index in [1.54, 1.807) is 19.1 Å². The van der Waals surface area contributed by atoms with Crippen LogP contribution in [0.15, 0.2) is 24.3 Å². The zero-order valence-electron chi connectivity index (χ0n) is 17.4. The second-order valence-corrected chi connectivity index (χ2v) is 9.47. The van der Waals surface area contributed by atoms with Crippen molar-refractivity contribution in [3.05, 3.63) is 35.4 Å². The Kier molecular flexibility index (Phi) is 5.50. The maximum Gasteiger partial charge on any atom is 0.328 e. The van der Waals surface area contributed by atoms with Gasteiger partial charge in [-0.25, -0.2) is 4.79 Å². The molecule has 4 bridgehead atoms. The average molecular weight is 398 g/mol. The van der Waals surface area contributed by atoms with Crippen molar-refractivity contribution in [2.75, 3.05) is 6.61 Å². The lowest BCUT2D eigenvalue weighted by atomic mass is 9.49. The fraction of sp³-hybridized carbons (Fsp3) is 0.625. The van der Waals surface area contributed by atoms with Crippen LogP contribution in [0.25, 0.3) is 0 Å². The van der Waals surface area contributed by atoms with E-state index in [-0.39, 0.29) is 23.7 Å². The molecule has 1 N–H and O–H groups in total. The number of nitrogens with one attached hydrogen (secondary N) is 1. The molecular weight excluding hydrogens is 366 g/mol. The molecule has 1 amide bonds. The van der Waals surface area contributed by atoms with Crippen molar-refractivity contribution in [1.29, 1.82) is 0 Å². The summed E-state index contributed by atoms with van der Waals surface area (Å²) in [6, 6.07) is 6.58. The molecule has 0 unspecified atom stereocenters. The fourth-order valence-corrected chi connectivity index (χ4v) is 6.07. The molecule has 1 aromatic carbocycles.